The summed E-state index contributed by atoms with van der Waals surface area (Å²) in [5.41, 5.74) is 5.16. The molecule has 0 bridgehead atoms. The topological polar surface area (TPSA) is 39.9 Å². The fraction of sp³-hybridized carbons (Fsp3) is 0.412. The van der Waals surface area contributed by atoms with Crippen molar-refractivity contribution in [1.29, 1.82) is 5.26 Å². The van der Waals surface area contributed by atoms with Crippen molar-refractivity contribution in [3.63, 3.8) is 0 Å². The molecule has 1 aliphatic rings. The molecule has 4 heteroatoms. The van der Waals surface area contributed by atoms with Crippen LogP contribution in [-0.4, -0.2) is 23.0 Å². The van der Waals surface area contributed by atoms with E-state index in [4.69, 9.17) is 0 Å². The molecule has 0 aromatic carbocycles. The van der Waals surface area contributed by atoms with Gasteiger partial charge in [-0.2, -0.15) is 5.26 Å². The largest absolute Gasteiger partial charge is 0.278 e. The van der Waals surface area contributed by atoms with Gasteiger partial charge in [0.1, 0.15) is 6.04 Å². The van der Waals surface area contributed by atoms with Crippen LogP contribution in [0.2, 0.25) is 0 Å². The van der Waals surface area contributed by atoms with Crippen molar-refractivity contribution in [2.75, 3.05) is 13.1 Å². The lowest BCUT2D eigenvalue weighted by atomic mass is 9.98. The van der Waals surface area contributed by atoms with Crippen LogP contribution in [0.25, 0.3) is 0 Å². The quantitative estimate of drug-likeness (QED) is 0.822. The van der Waals surface area contributed by atoms with E-state index in [1.165, 1.54) is 22.5 Å². The van der Waals surface area contributed by atoms with Gasteiger partial charge in [-0.25, -0.2) is 4.98 Å². The van der Waals surface area contributed by atoms with Gasteiger partial charge in [-0.1, -0.05) is 38.7 Å². The average molecular weight is 301 g/mol. The van der Waals surface area contributed by atoms with Gasteiger partial charge in [0, 0.05) is 18.5 Å². The van der Waals surface area contributed by atoms with Gasteiger partial charge in [-0.15, -0.1) is 11.3 Å². The number of nitrogens with zero attached hydrogens (tertiary/aromatic N) is 3. The summed E-state index contributed by atoms with van der Waals surface area (Å²) in [5, 5.41) is 11.3. The van der Waals surface area contributed by atoms with Crippen LogP contribution in [0.3, 0.4) is 0 Å². The Kier molecular flexibility index (Phi) is 7.66. The average Bonchev–Trinajstić information content (AvgIpc) is 3.05. The zero-order valence-corrected chi connectivity index (χ0v) is 13.9. The van der Waals surface area contributed by atoms with Crippen LogP contribution in [0, 0.1) is 11.3 Å². The molecule has 0 N–H and O–H groups in total. The molecule has 2 heterocycles. The van der Waals surface area contributed by atoms with Crippen molar-refractivity contribution in [3.05, 3.63) is 52.5 Å². The number of rotatable bonds is 4. The first kappa shape index (κ1) is 17.4. The van der Waals surface area contributed by atoms with Crippen LogP contribution in [0.1, 0.15) is 38.9 Å². The van der Waals surface area contributed by atoms with Crippen molar-refractivity contribution in [1.82, 2.24) is 9.88 Å². The lowest BCUT2D eigenvalue weighted by Gasteiger charge is -2.31. The fourth-order valence-electron chi connectivity index (χ4n) is 2.32. The highest BCUT2D eigenvalue weighted by Crippen LogP contribution is 2.27. The van der Waals surface area contributed by atoms with Crippen molar-refractivity contribution in [3.8, 4) is 6.07 Å². The highest BCUT2D eigenvalue weighted by molar-refractivity contribution is 7.07. The molecular formula is C17H23N3S. The SMILES string of the molecule is C=CC1=C(/C=C\C)CCN(C(C#N)c2cscn2)C1.CC. The molecule has 1 unspecified atom stereocenters. The van der Waals surface area contributed by atoms with Crippen LogP contribution in [0.15, 0.2) is 46.8 Å². The Hall–Kier alpha value is -1.70. The van der Waals surface area contributed by atoms with Crippen molar-refractivity contribution in [2.24, 2.45) is 0 Å². The standard InChI is InChI=1S/C15H17N3S.C2H6/c1-3-5-13-6-7-18(9-12(13)4-2)15(8-16)14-10-19-11-17-14;1-2/h3-5,10-11,15H,2,6-7,9H2,1H3;1-2H3/b5-3-;. The number of hydrogen-bond acceptors (Lipinski definition) is 4. The van der Waals surface area contributed by atoms with E-state index in [1.807, 2.05) is 32.2 Å². The predicted molar refractivity (Wildman–Crippen MR) is 90.0 cm³/mol. The number of nitriles is 1. The first-order valence-electron chi connectivity index (χ1n) is 7.29. The Balaban J connectivity index is 0.00000106. The van der Waals surface area contributed by atoms with Gasteiger partial charge in [0.15, 0.2) is 0 Å². The zero-order chi connectivity index (χ0) is 15.7. The second-order valence-electron chi connectivity index (χ2n) is 4.42. The third-order valence-corrected chi connectivity index (χ3v) is 3.89. The van der Waals surface area contributed by atoms with E-state index in [-0.39, 0.29) is 6.04 Å². The minimum absolute atomic E-state index is 0.256. The maximum Gasteiger partial charge on any atom is 0.142 e. The van der Waals surface area contributed by atoms with Gasteiger partial charge < -0.3 is 0 Å². The molecule has 0 amide bonds. The summed E-state index contributed by atoms with van der Waals surface area (Å²) in [6.07, 6.45) is 7.04. The predicted octanol–water partition coefficient (Wildman–Crippen LogP) is 4.50. The van der Waals surface area contributed by atoms with Gasteiger partial charge in [0.2, 0.25) is 0 Å². The summed E-state index contributed by atoms with van der Waals surface area (Å²) in [6, 6.07) is 2.10. The van der Waals surface area contributed by atoms with Crippen LogP contribution in [0.4, 0.5) is 0 Å². The molecule has 1 aliphatic heterocycles. The maximum atomic E-state index is 9.40. The van der Waals surface area contributed by atoms with Crippen LogP contribution >= 0.6 is 11.3 Å². The highest BCUT2D eigenvalue weighted by atomic mass is 32.1. The fourth-order valence-corrected chi connectivity index (χ4v) is 2.90. The van der Waals surface area contributed by atoms with E-state index in [9.17, 15) is 5.26 Å². The number of thiazole rings is 1. The molecule has 0 spiro atoms. The van der Waals surface area contributed by atoms with Crippen molar-refractivity contribution >= 4 is 11.3 Å². The summed E-state index contributed by atoms with van der Waals surface area (Å²) in [7, 11) is 0. The first-order chi connectivity index (χ1) is 10.3. The molecule has 112 valence electrons. The Morgan fingerprint density at radius 1 is 1.48 bits per heavy atom. The van der Waals surface area contributed by atoms with Crippen LogP contribution in [-0.2, 0) is 0 Å². The van der Waals surface area contributed by atoms with Gasteiger partial charge in [0.05, 0.1) is 17.3 Å². The molecular weight excluding hydrogens is 278 g/mol. The van der Waals surface area contributed by atoms with E-state index >= 15 is 0 Å². The molecule has 0 saturated heterocycles. The molecule has 0 aliphatic carbocycles. The third-order valence-electron chi connectivity index (χ3n) is 3.29. The van der Waals surface area contributed by atoms with E-state index in [1.54, 1.807) is 5.51 Å². The third kappa shape index (κ3) is 4.38. The summed E-state index contributed by atoms with van der Waals surface area (Å²) in [5.74, 6) is 0. The molecule has 1 aromatic rings. The van der Waals surface area contributed by atoms with Crippen LogP contribution < -0.4 is 0 Å². The molecule has 0 saturated carbocycles. The second kappa shape index (κ2) is 9.28. The molecule has 21 heavy (non-hydrogen) atoms. The molecule has 1 aromatic heterocycles. The number of aromatic nitrogens is 1. The zero-order valence-electron chi connectivity index (χ0n) is 13.0. The van der Waals surface area contributed by atoms with Crippen LogP contribution in [0.5, 0.6) is 0 Å². The second-order valence-corrected chi connectivity index (χ2v) is 5.14. The van der Waals surface area contributed by atoms with E-state index in [2.05, 4.69) is 34.7 Å². The van der Waals surface area contributed by atoms with Crippen molar-refractivity contribution in [2.45, 2.75) is 33.2 Å². The number of hydrogen-bond donors (Lipinski definition) is 0. The summed E-state index contributed by atoms with van der Waals surface area (Å²) in [4.78, 5) is 6.43. The molecule has 2 rings (SSSR count). The Morgan fingerprint density at radius 2 is 2.24 bits per heavy atom. The molecule has 0 radical (unpaired) electrons. The molecule has 1 atom stereocenters. The lowest BCUT2D eigenvalue weighted by molar-refractivity contribution is 0.247. The van der Waals surface area contributed by atoms with E-state index in [0.29, 0.717) is 0 Å². The van der Waals surface area contributed by atoms with Gasteiger partial charge in [-0.05, 0) is 24.5 Å². The van der Waals surface area contributed by atoms with E-state index in [0.717, 1.165) is 25.2 Å². The minimum atomic E-state index is -0.256. The Bertz CT molecular complexity index is 535. The normalized spacial score (nSPS) is 17.0. The Labute approximate surface area is 131 Å². The van der Waals surface area contributed by atoms with E-state index < -0.39 is 0 Å². The highest BCUT2D eigenvalue weighted by Gasteiger charge is 2.25. The first-order valence-corrected chi connectivity index (χ1v) is 8.23. The summed E-state index contributed by atoms with van der Waals surface area (Å²) < 4.78 is 0. The summed E-state index contributed by atoms with van der Waals surface area (Å²) >= 11 is 1.53. The van der Waals surface area contributed by atoms with Crippen molar-refractivity contribution < 1.29 is 0 Å². The maximum absolute atomic E-state index is 9.40. The smallest absolute Gasteiger partial charge is 0.142 e. The van der Waals surface area contributed by atoms with Gasteiger partial charge in [0.25, 0.3) is 0 Å². The molecule has 0 fully saturated rings. The molecule has 3 nitrogen and oxygen atoms in total. The minimum Gasteiger partial charge on any atom is -0.278 e. The monoisotopic (exact) mass is 301 g/mol. The Morgan fingerprint density at radius 3 is 2.76 bits per heavy atom. The lowest BCUT2D eigenvalue weighted by Crippen LogP contribution is -2.34. The number of allylic oxidation sites excluding steroid dienone is 2. The summed E-state index contributed by atoms with van der Waals surface area (Å²) in [6.45, 7) is 11.6. The van der Waals surface area contributed by atoms with Gasteiger partial charge in [-0.3, -0.25) is 4.90 Å². The van der Waals surface area contributed by atoms with Gasteiger partial charge >= 0.3 is 0 Å².